The lowest BCUT2D eigenvalue weighted by Gasteiger charge is -1.98. The molecule has 2 aromatic rings. The van der Waals surface area contributed by atoms with Crippen LogP contribution in [-0.2, 0) is 13.5 Å². The first-order valence-corrected chi connectivity index (χ1v) is 4.99. The van der Waals surface area contributed by atoms with Crippen molar-refractivity contribution in [2.24, 2.45) is 7.05 Å². The Morgan fingerprint density at radius 1 is 1.43 bits per heavy atom. The van der Waals surface area contributed by atoms with Crippen LogP contribution < -0.4 is 0 Å². The van der Waals surface area contributed by atoms with Crippen molar-refractivity contribution in [3.8, 4) is 0 Å². The first-order valence-electron chi connectivity index (χ1n) is 4.62. The zero-order valence-corrected chi connectivity index (χ0v) is 9.26. The van der Waals surface area contributed by atoms with E-state index in [0.29, 0.717) is 5.15 Å². The largest absolute Gasteiger partial charge is 0.316 e. The number of nitrogens with zero attached hydrogens (tertiary/aromatic N) is 3. The van der Waals surface area contributed by atoms with Gasteiger partial charge in [0.15, 0.2) is 5.65 Å². The third-order valence-electron chi connectivity index (χ3n) is 2.40. The van der Waals surface area contributed by atoms with Crippen molar-refractivity contribution < 1.29 is 0 Å². The molecule has 2 aromatic heterocycles. The Hall–Kier alpha value is -1.09. The smallest absolute Gasteiger partial charge is 0.161 e. The zero-order valence-electron chi connectivity index (χ0n) is 8.50. The summed E-state index contributed by atoms with van der Waals surface area (Å²) in [4.78, 5) is 8.78. The number of pyridine rings is 1. The SMILES string of the molecule is CCc1nc2c(C)cc(Cl)nc2n1C. The second-order valence-corrected chi connectivity index (χ2v) is 3.76. The lowest BCUT2D eigenvalue weighted by Crippen LogP contribution is -1.96. The molecule has 74 valence electrons. The molecule has 14 heavy (non-hydrogen) atoms. The Kier molecular flexibility index (Phi) is 2.19. The Bertz CT molecular complexity index is 488. The summed E-state index contributed by atoms with van der Waals surface area (Å²) >= 11 is 5.90. The van der Waals surface area contributed by atoms with Gasteiger partial charge in [0.25, 0.3) is 0 Å². The number of halogens is 1. The summed E-state index contributed by atoms with van der Waals surface area (Å²) in [6.07, 6.45) is 0.907. The fourth-order valence-electron chi connectivity index (χ4n) is 1.62. The van der Waals surface area contributed by atoms with Crippen LogP contribution in [0.1, 0.15) is 18.3 Å². The Morgan fingerprint density at radius 2 is 2.14 bits per heavy atom. The van der Waals surface area contributed by atoms with Crippen LogP contribution in [0, 0.1) is 6.92 Å². The highest BCUT2D eigenvalue weighted by Crippen LogP contribution is 2.20. The van der Waals surface area contributed by atoms with Crippen LogP contribution in [0.3, 0.4) is 0 Å². The topological polar surface area (TPSA) is 30.7 Å². The van der Waals surface area contributed by atoms with Crippen LogP contribution in [0.25, 0.3) is 11.2 Å². The van der Waals surface area contributed by atoms with E-state index in [-0.39, 0.29) is 0 Å². The number of aryl methyl sites for hydroxylation is 3. The van der Waals surface area contributed by atoms with E-state index in [1.807, 2.05) is 24.6 Å². The maximum atomic E-state index is 5.90. The summed E-state index contributed by atoms with van der Waals surface area (Å²) in [7, 11) is 1.97. The number of aromatic nitrogens is 3. The van der Waals surface area contributed by atoms with Crippen molar-refractivity contribution in [2.45, 2.75) is 20.3 Å². The molecule has 0 amide bonds. The standard InChI is InChI=1S/C10H12ClN3/c1-4-8-13-9-6(2)5-7(11)12-10(9)14(8)3/h5H,4H2,1-3H3. The average Bonchev–Trinajstić information content (AvgIpc) is 2.44. The quantitative estimate of drug-likeness (QED) is 0.676. The molecule has 2 heterocycles. The van der Waals surface area contributed by atoms with Crippen LogP contribution >= 0.6 is 11.6 Å². The molecule has 0 bridgehead atoms. The van der Waals surface area contributed by atoms with Gasteiger partial charge in [-0.2, -0.15) is 0 Å². The lowest BCUT2D eigenvalue weighted by molar-refractivity contribution is 0.821. The zero-order chi connectivity index (χ0) is 10.3. The highest BCUT2D eigenvalue weighted by molar-refractivity contribution is 6.29. The highest BCUT2D eigenvalue weighted by atomic mass is 35.5. The normalized spacial score (nSPS) is 11.1. The summed E-state index contributed by atoms with van der Waals surface area (Å²) in [6.45, 7) is 4.08. The molecule has 0 aromatic carbocycles. The van der Waals surface area contributed by atoms with Crippen molar-refractivity contribution in [3.05, 3.63) is 22.6 Å². The minimum Gasteiger partial charge on any atom is -0.316 e. The predicted molar refractivity (Wildman–Crippen MR) is 57.6 cm³/mol. The monoisotopic (exact) mass is 209 g/mol. The average molecular weight is 210 g/mol. The van der Waals surface area contributed by atoms with Crippen molar-refractivity contribution in [1.82, 2.24) is 14.5 Å². The van der Waals surface area contributed by atoms with Gasteiger partial charge in [0, 0.05) is 13.5 Å². The van der Waals surface area contributed by atoms with Gasteiger partial charge in [0.05, 0.1) is 0 Å². The molecule has 0 unspecified atom stereocenters. The molecule has 0 N–H and O–H groups in total. The van der Waals surface area contributed by atoms with Crippen molar-refractivity contribution in [1.29, 1.82) is 0 Å². The van der Waals surface area contributed by atoms with E-state index in [2.05, 4.69) is 16.9 Å². The van der Waals surface area contributed by atoms with Crippen molar-refractivity contribution >= 4 is 22.8 Å². The molecule has 2 rings (SSSR count). The molecule has 4 heteroatoms. The number of imidazole rings is 1. The van der Waals surface area contributed by atoms with Crippen molar-refractivity contribution in [2.75, 3.05) is 0 Å². The maximum absolute atomic E-state index is 5.90. The Balaban J connectivity index is 2.85. The van der Waals surface area contributed by atoms with Crippen LogP contribution in [0.5, 0.6) is 0 Å². The van der Waals surface area contributed by atoms with Gasteiger partial charge in [0.1, 0.15) is 16.5 Å². The first kappa shape index (κ1) is 9.46. The molecule has 0 atom stereocenters. The summed E-state index contributed by atoms with van der Waals surface area (Å²) in [5.74, 6) is 1.04. The number of rotatable bonds is 1. The Labute approximate surface area is 87.7 Å². The fourth-order valence-corrected chi connectivity index (χ4v) is 1.87. The summed E-state index contributed by atoms with van der Waals surface area (Å²) in [6, 6.07) is 1.84. The van der Waals surface area contributed by atoms with E-state index in [4.69, 9.17) is 11.6 Å². The molecule has 0 aliphatic carbocycles. The van der Waals surface area contributed by atoms with Crippen LogP contribution in [0.4, 0.5) is 0 Å². The highest BCUT2D eigenvalue weighted by Gasteiger charge is 2.10. The van der Waals surface area contributed by atoms with Crippen molar-refractivity contribution in [3.63, 3.8) is 0 Å². The molecule has 0 aliphatic heterocycles. The molecule has 0 saturated carbocycles. The van der Waals surface area contributed by atoms with Gasteiger partial charge in [-0.1, -0.05) is 18.5 Å². The van der Waals surface area contributed by atoms with Gasteiger partial charge in [-0.3, -0.25) is 0 Å². The second-order valence-electron chi connectivity index (χ2n) is 3.37. The molecule has 0 saturated heterocycles. The van der Waals surface area contributed by atoms with Gasteiger partial charge in [-0.05, 0) is 18.6 Å². The van der Waals surface area contributed by atoms with E-state index >= 15 is 0 Å². The third-order valence-corrected chi connectivity index (χ3v) is 2.59. The molecule has 0 spiro atoms. The molecule has 0 radical (unpaired) electrons. The minimum absolute atomic E-state index is 0.528. The number of hydrogen-bond acceptors (Lipinski definition) is 2. The van der Waals surface area contributed by atoms with E-state index in [1.165, 1.54) is 0 Å². The third kappa shape index (κ3) is 1.28. The Morgan fingerprint density at radius 3 is 2.79 bits per heavy atom. The van der Waals surface area contributed by atoms with E-state index < -0.39 is 0 Å². The van der Waals surface area contributed by atoms with Gasteiger partial charge in [-0.25, -0.2) is 9.97 Å². The summed E-state index contributed by atoms with van der Waals surface area (Å²) in [5, 5.41) is 0.528. The maximum Gasteiger partial charge on any atom is 0.161 e. The molecular formula is C10H12ClN3. The molecule has 0 aliphatic rings. The number of fused-ring (bicyclic) bond motifs is 1. The minimum atomic E-state index is 0.528. The second kappa shape index (κ2) is 3.24. The molecular weight excluding hydrogens is 198 g/mol. The summed E-state index contributed by atoms with van der Waals surface area (Å²) < 4.78 is 1.99. The predicted octanol–water partition coefficient (Wildman–Crippen LogP) is 2.49. The first-order chi connectivity index (χ1) is 6.63. The fraction of sp³-hybridized carbons (Fsp3) is 0.400. The van der Waals surface area contributed by atoms with Crippen LogP contribution in [-0.4, -0.2) is 14.5 Å². The summed E-state index contributed by atoms with van der Waals surface area (Å²) in [5.41, 5.74) is 2.90. The lowest BCUT2D eigenvalue weighted by atomic mass is 10.3. The van der Waals surface area contributed by atoms with Gasteiger partial charge >= 0.3 is 0 Å². The number of hydrogen-bond donors (Lipinski definition) is 0. The molecule has 0 fully saturated rings. The van der Waals surface area contributed by atoms with Crippen LogP contribution in [0.2, 0.25) is 5.15 Å². The van der Waals surface area contributed by atoms with Gasteiger partial charge in [-0.15, -0.1) is 0 Å². The molecule has 3 nitrogen and oxygen atoms in total. The van der Waals surface area contributed by atoms with Gasteiger partial charge < -0.3 is 4.57 Å². The van der Waals surface area contributed by atoms with E-state index in [9.17, 15) is 0 Å². The van der Waals surface area contributed by atoms with E-state index in [1.54, 1.807) is 0 Å². The van der Waals surface area contributed by atoms with E-state index in [0.717, 1.165) is 29.0 Å². The van der Waals surface area contributed by atoms with Crippen LogP contribution in [0.15, 0.2) is 6.07 Å². The van der Waals surface area contributed by atoms with Gasteiger partial charge in [0.2, 0.25) is 0 Å².